The molecule has 0 aromatic carbocycles. The molecule has 1 aromatic heterocycles. The van der Waals surface area contributed by atoms with Gasteiger partial charge in [0.1, 0.15) is 5.15 Å². The van der Waals surface area contributed by atoms with Crippen LogP contribution in [0.5, 0.6) is 0 Å². The highest BCUT2D eigenvalue weighted by atomic mass is 35.5. The zero-order chi connectivity index (χ0) is 9.84. The topological polar surface area (TPSA) is 46.0 Å². The van der Waals surface area contributed by atoms with Gasteiger partial charge < -0.3 is 5.11 Å². The molecule has 0 bridgehead atoms. The summed E-state index contributed by atoms with van der Waals surface area (Å²) in [7, 11) is 0. The predicted octanol–water partition coefficient (Wildman–Crippen LogP) is 2.02. The standard InChI is InChI=1S/C8H10Cl2N2O/c1-5-6(3-2-4-13)7(9)12-8(10)11-5/h13H,2-4H2,1H3. The summed E-state index contributed by atoms with van der Waals surface area (Å²) in [5, 5.41) is 9.20. The van der Waals surface area contributed by atoms with Crippen molar-refractivity contribution in [2.45, 2.75) is 19.8 Å². The molecule has 1 rings (SSSR count). The fraction of sp³-hybridized carbons (Fsp3) is 0.500. The Hall–Kier alpha value is -0.380. The van der Waals surface area contributed by atoms with Crippen LogP contribution >= 0.6 is 23.2 Å². The Morgan fingerprint density at radius 2 is 2.00 bits per heavy atom. The lowest BCUT2D eigenvalue weighted by atomic mass is 10.1. The minimum atomic E-state index is 0.137. The molecule has 1 N–H and O–H groups in total. The number of hydrogen-bond acceptors (Lipinski definition) is 3. The van der Waals surface area contributed by atoms with Crippen molar-refractivity contribution in [1.29, 1.82) is 0 Å². The van der Waals surface area contributed by atoms with E-state index in [0.29, 0.717) is 18.0 Å². The largest absolute Gasteiger partial charge is 0.396 e. The van der Waals surface area contributed by atoms with Gasteiger partial charge in [0.25, 0.3) is 0 Å². The zero-order valence-corrected chi connectivity index (χ0v) is 8.73. The van der Waals surface area contributed by atoms with Crippen LogP contribution in [-0.4, -0.2) is 21.7 Å². The van der Waals surface area contributed by atoms with Crippen LogP contribution in [0, 0.1) is 6.92 Å². The molecule has 3 nitrogen and oxygen atoms in total. The second-order valence-electron chi connectivity index (χ2n) is 2.67. The van der Waals surface area contributed by atoms with E-state index in [4.69, 9.17) is 28.3 Å². The van der Waals surface area contributed by atoms with Gasteiger partial charge in [-0.15, -0.1) is 0 Å². The monoisotopic (exact) mass is 220 g/mol. The summed E-state index contributed by atoms with van der Waals surface area (Å²) in [6.07, 6.45) is 1.34. The van der Waals surface area contributed by atoms with Crippen molar-refractivity contribution < 1.29 is 5.11 Å². The van der Waals surface area contributed by atoms with Gasteiger partial charge in [0, 0.05) is 17.9 Å². The van der Waals surface area contributed by atoms with Gasteiger partial charge >= 0.3 is 0 Å². The predicted molar refractivity (Wildman–Crippen MR) is 52.2 cm³/mol. The third-order valence-electron chi connectivity index (χ3n) is 1.72. The number of aryl methyl sites for hydroxylation is 1. The molecule has 0 radical (unpaired) electrons. The van der Waals surface area contributed by atoms with E-state index in [1.807, 2.05) is 6.92 Å². The highest BCUT2D eigenvalue weighted by Crippen LogP contribution is 2.19. The summed E-state index contributed by atoms with van der Waals surface area (Å²) in [6.45, 7) is 1.96. The number of nitrogens with zero attached hydrogens (tertiary/aromatic N) is 2. The van der Waals surface area contributed by atoms with Crippen LogP contribution in [-0.2, 0) is 6.42 Å². The van der Waals surface area contributed by atoms with Crippen molar-refractivity contribution in [1.82, 2.24) is 9.97 Å². The summed E-state index contributed by atoms with van der Waals surface area (Å²) in [4.78, 5) is 7.80. The van der Waals surface area contributed by atoms with Crippen molar-refractivity contribution in [3.8, 4) is 0 Å². The molecular formula is C8H10Cl2N2O. The van der Waals surface area contributed by atoms with Crippen molar-refractivity contribution in [3.05, 3.63) is 21.7 Å². The van der Waals surface area contributed by atoms with Gasteiger partial charge in [0.15, 0.2) is 0 Å². The molecule has 0 aliphatic carbocycles. The first kappa shape index (κ1) is 10.7. The lowest BCUT2D eigenvalue weighted by Gasteiger charge is -2.05. The van der Waals surface area contributed by atoms with E-state index in [-0.39, 0.29) is 11.9 Å². The Balaban J connectivity index is 2.92. The van der Waals surface area contributed by atoms with Crippen molar-refractivity contribution in [2.24, 2.45) is 0 Å². The molecule has 0 spiro atoms. The third-order valence-corrected chi connectivity index (χ3v) is 2.20. The molecule has 1 heterocycles. The van der Waals surface area contributed by atoms with Crippen LogP contribution in [0.25, 0.3) is 0 Å². The van der Waals surface area contributed by atoms with E-state index in [2.05, 4.69) is 9.97 Å². The number of halogens is 2. The lowest BCUT2D eigenvalue weighted by Crippen LogP contribution is -1.99. The summed E-state index contributed by atoms with van der Waals surface area (Å²) in [5.41, 5.74) is 1.64. The second-order valence-corrected chi connectivity index (χ2v) is 3.37. The Labute approximate surface area is 86.7 Å². The number of aliphatic hydroxyl groups is 1. The molecule has 0 unspecified atom stereocenters. The van der Waals surface area contributed by atoms with E-state index in [1.54, 1.807) is 0 Å². The third kappa shape index (κ3) is 2.79. The molecule has 0 saturated heterocycles. The maximum atomic E-state index is 8.65. The molecule has 0 saturated carbocycles. The van der Waals surface area contributed by atoms with Crippen LogP contribution in [0.1, 0.15) is 17.7 Å². The van der Waals surface area contributed by atoms with Crippen LogP contribution in [0.15, 0.2) is 0 Å². The van der Waals surface area contributed by atoms with Gasteiger partial charge in [-0.2, -0.15) is 0 Å². The van der Waals surface area contributed by atoms with Gasteiger partial charge in [0.05, 0.1) is 0 Å². The van der Waals surface area contributed by atoms with Crippen LogP contribution < -0.4 is 0 Å². The molecule has 5 heteroatoms. The smallest absolute Gasteiger partial charge is 0.224 e. The molecule has 1 aromatic rings. The van der Waals surface area contributed by atoms with Crippen LogP contribution in [0.2, 0.25) is 10.4 Å². The number of hydrogen-bond donors (Lipinski definition) is 1. The summed E-state index contributed by atoms with van der Waals surface area (Å²) in [6, 6.07) is 0. The zero-order valence-electron chi connectivity index (χ0n) is 7.22. The second kappa shape index (κ2) is 4.74. The van der Waals surface area contributed by atoms with E-state index in [0.717, 1.165) is 11.3 Å². The number of aromatic nitrogens is 2. The maximum absolute atomic E-state index is 8.65. The molecule has 13 heavy (non-hydrogen) atoms. The van der Waals surface area contributed by atoms with Gasteiger partial charge in [-0.3, -0.25) is 0 Å². The van der Waals surface area contributed by atoms with Crippen molar-refractivity contribution in [2.75, 3.05) is 6.61 Å². The maximum Gasteiger partial charge on any atom is 0.224 e. The Morgan fingerprint density at radius 1 is 1.31 bits per heavy atom. The normalized spacial score (nSPS) is 10.5. The number of rotatable bonds is 3. The molecular weight excluding hydrogens is 211 g/mol. The van der Waals surface area contributed by atoms with Crippen LogP contribution in [0.3, 0.4) is 0 Å². The summed E-state index contributed by atoms with van der Waals surface area (Å²) in [5.74, 6) is 0. The van der Waals surface area contributed by atoms with Gasteiger partial charge in [-0.05, 0) is 31.4 Å². The average molecular weight is 221 g/mol. The summed E-state index contributed by atoms with van der Waals surface area (Å²) < 4.78 is 0. The SMILES string of the molecule is Cc1nc(Cl)nc(Cl)c1CCCO. The Kier molecular flexibility index (Phi) is 3.90. The molecule has 0 aliphatic rings. The van der Waals surface area contributed by atoms with Crippen molar-refractivity contribution in [3.63, 3.8) is 0 Å². The van der Waals surface area contributed by atoms with Gasteiger partial charge in [0.2, 0.25) is 5.28 Å². The van der Waals surface area contributed by atoms with E-state index in [1.165, 1.54) is 0 Å². The van der Waals surface area contributed by atoms with Crippen molar-refractivity contribution >= 4 is 23.2 Å². The fourth-order valence-corrected chi connectivity index (χ4v) is 1.63. The lowest BCUT2D eigenvalue weighted by molar-refractivity contribution is 0.288. The molecule has 0 amide bonds. The van der Waals surface area contributed by atoms with Gasteiger partial charge in [-0.1, -0.05) is 11.6 Å². The molecule has 0 fully saturated rings. The highest BCUT2D eigenvalue weighted by Gasteiger charge is 2.07. The van der Waals surface area contributed by atoms with Gasteiger partial charge in [-0.25, -0.2) is 9.97 Å². The first-order valence-corrected chi connectivity index (χ1v) is 4.70. The highest BCUT2D eigenvalue weighted by molar-refractivity contribution is 6.32. The molecule has 0 aliphatic heterocycles. The van der Waals surface area contributed by atoms with E-state index >= 15 is 0 Å². The van der Waals surface area contributed by atoms with Crippen LogP contribution in [0.4, 0.5) is 0 Å². The van der Waals surface area contributed by atoms with E-state index < -0.39 is 0 Å². The quantitative estimate of drug-likeness (QED) is 0.627. The minimum absolute atomic E-state index is 0.137. The minimum Gasteiger partial charge on any atom is -0.396 e. The Bertz CT molecular complexity index is 281. The first-order chi connectivity index (χ1) is 6.15. The summed E-state index contributed by atoms with van der Waals surface area (Å²) >= 11 is 11.5. The Morgan fingerprint density at radius 3 is 2.54 bits per heavy atom. The fourth-order valence-electron chi connectivity index (χ4n) is 1.07. The molecule has 72 valence electrons. The first-order valence-electron chi connectivity index (χ1n) is 3.94. The van der Waals surface area contributed by atoms with E-state index in [9.17, 15) is 0 Å². The molecule has 0 atom stereocenters. The number of aliphatic hydroxyl groups excluding tert-OH is 1. The average Bonchev–Trinajstić information content (AvgIpc) is 2.02.